The van der Waals surface area contributed by atoms with E-state index in [0.717, 1.165) is 5.06 Å². The van der Waals surface area contributed by atoms with Crippen molar-refractivity contribution >= 4 is 12.2 Å². The Morgan fingerprint density at radius 3 is 2.21 bits per heavy atom. The van der Waals surface area contributed by atoms with Crippen LogP contribution >= 0.6 is 0 Å². The Hall–Kier alpha value is -1.68. The highest BCUT2D eigenvalue weighted by Crippen LogP contribution is 2.08. The minimum atomic E-state index is -0.440. The highest BCUT2D eigenvalue weighted by molar-refractivity contribution is 6.01. The van der Waals surface area contributed by atoms with Crippen LogP contribution in [0.4, 0.5) is 0 Å². The summed E-state index contributed by atoms with van der Waals surface area (Å²) in [4.78, 5) is 26.8. The first-order valence-electron chi connectivity index (χ1n) is 3.88. The smallest absolute Gasteiger partial charge is 0.277 e. The molecule has 0 atom stereocenters. The maximum Gasteiger partial charge on any atom is 0.277 e. The molecule has 4 nitrogen and oxygen atoms in total. The molecule has 0 unspecified atom stereocenters. The van der Waals surface area contributed by atoms with Crippen molar-refractivity contribution in [2.75, 3.05) is 14.2 Å². The van der Waals surface area contributed by atoms with Crippen molar-refractivity contribution in [3.8, 4) is 0 Å². The van der Waals surface area contributed by atoms with Gasteiger partial charge < -0.3 is 0 Å². The normalized spacial score (nSPS) is 11.3. The number of rotatable bonds is 5. The standard InChI is InChI=1S/C10H13NO3/c1-5-8(7-12)9(6-2)10(13)11(3)14-4/h5-7H,1-2H2,3-4H3/b9-8-. The van der Waals surface area contributed by atoms with E-state index in [1.54, 1.807) is 0 Å². The summed E-state index contributed by atoms with van der Waals surface area (Å²) in [5.41, 5.74) is 0.355. The lowest BCUT2D eigenvalue weighted by Gasteiger charge is -2.14. The highest BCUT2D eigenvalue weighted by Gasteiger charge is 2.14. The van der Waals surface area contributed by atoms with Crippen LogP contribution in [0.2, 0.25) is 0 Å². The number of hydroxylamine groups is 2. The zero-order chi connectivity index (χ0) is 11.1. The van der Waals surface area contributed by atoms with E-state index >= 15 is 0 Å². The molecule has 1 amide bonds. The number of carbonyl (C=O) groups is 2. The van der Waals surface area contributed by atoms with Crippen LogP contribution in [0.25, 0.3) is 0 Å². The van der Waals surface area contributed by atoms with E-state index in [2.05, 4.69) is 18.0 Å². The molecule has 0 aromatic rings. The number of amides is 1. The van der Waals surface area contributed by atoms with Gasteiger partial charge in [0.25, 0.3) is 5.91 Å². The van der Waals surface area contributed by atoms with Gasteiger partial charge >= 0.3 is 0 Å². The topological polar surface area (TPSA) is 46.6 Å². The molecule has 0 bridgehead atoms. The van der Waals surface area contributed by atoms with Crippen LogP contribution in [0.3, 0.4) is 0 Å². The van der Waals surface area contributed by atoms with Crippen LogP contribution in [-0.4, -0.2) is 31.4 Å². The van der Waals surface area contributed by atoms with Crippen molar-refractivity contribution in [1.29, 1.82) is 0 Å². The highest BCUT2D eigenvalue weighted by atomic mass is 16.7. The van der Waals surface area contributed by atoms with Gasteiger partial charge in [-0.25, -0.2) is 5.06 Å². The molecule has 0 heterocycles. The van der Waals surface area contributed by atoms with Gasteiger partial charge in [-0.3, -0.25) is 14.4 Å². The zero-order valence-electron chi connectivity index (χ0n) is 8.32. The fourth-order valence-electron chi connectivity index (χ4n) is 0.803. The van der Waals surface area contributed by atoms with Crippen molar-refractivity contribution < 1.29 is 14.4 Å². The molecule has 4 heteroatoms. The van der Waals surface area contributed by atoms with E-state index in [-0.39, 0.29) is 11.1 Å². The molecule has 0 saturated heterocycles. The lowest BCUT2D eigenvalue weighted by Crippen LogP contribution is -2.27. The monoisotopic (exact) mass is 195 g/mol. The van der Waals surface area contributed by atoms with Crippen LogP contribution in [0.1, 0.15) is 0 Å². The van der Waals surface area contributed by atoms with E-state index in [1.165, 1.54) is 26.3 Å². The molecular weight excluding hydrogens is 182 g/mol. The third kappa shape index (κ3) is 2.67. The van der Waals surface area contributed by atoms with Crippen LogP contribution in [-0.2, 0) is 14.4 Å². The maximum absolute atomic E-state index is 11.5. The largest absolute Gasteiger partial charge is 0.298 e. The van der Waals surface area contributed by atoms with Crippen LogP contribution in [0, 0.1) is 0 Å². The third-order valence-corrected chi connectivity index (χ3v) is 1.65. The van der Waals surface area contributed by atoms with Gasteiger partial charge in [0.15, 0.2) is 6.29 Å². The Morgan fingerprint density at radius 1 is 1.36 bits per heavy atom. The van der Waals surface area contributed by atoms with E-state index in [9.17, 15) is 9.59 Å². The van der Waals surface area contributed by atoms with Gasteiger partial charge in [-0.15, -0.1) is 0 Å². The molecule has 0 fully saturated rings. The van der Waals surface area contributed by atoms with E-state index in [4.69, 9.17) is 0 Å². The van der Waals surface area contributed by atoms with Gasteiger partial charge in [-0.05, 0) is 0 Å². The molecule has 0 aromatic heterocycles. The number of carbonyl (C=O) groups excluding carboxylic acids is 2. The van der Waals surface area contributed by atoms with Crippen molar-refractivity contribution in [3.05, 3.63) is 36.5 Å². The molecule has 0 radical (unpaired) electrons. The van der Waals surface area contributed by atoms with Crippen molar-refractivity contribution in [2.24, 2.45) is 0 Å². The Kier molecular flexibility index (Phi) is 5.17. The maximum atomic E-state index is 11.5. The average molecular weight is 195 g/mol. The lowest BCUT2D eigenvalue weighted by molar-refractivity contribution is -0.163. The fourth-order valence-corrected chi connectivity index (χ4v) is 0.803. The number of hydrogen-bond donors (Lipinski definition) is 0. The molecule has 0 aliphatic carbocycles. The number of allylic oxidation sites excluding steroid dienone is 2. The van der Waals surface area contributed by atoms with Gasteiger partial charge in [-0.1, -0.05) is 25.3 Å². The summed E-state index contributed by atoms with van der Waals surface area (Å²) in [7, 11) is 2.80. The van der Waals surface area contributed by atoms with Gasteiger partial charge in [-0.2, -0.15) is 0 Å². The summed E-state index contributed by atoms with van der Waals surface area (Å²) in [5.74, 6) is -0.440. The van der Waals surface area contributed by atoms with Crippen LogP contribution < -0.4 is 0 Å². The molecule has 14 heavy (non-hydrogen) atoms. The number of hydrogen-bond acceptors (Lipinski definition) is 3. The lowest BCUT2D eigenvalue weighted by atomic mass is 10.1. The second-order valence-corrected chi connectivity index (χ2v) is 2.38. The summed E-state index contributed by atoms with van der Waals surface area (Å²) in [6, 6.07) is 0. The molecule has 0 aliphatic heterocycles. The van der Waals surface area contributed by atoms with Crippen molar-refractivity contribution in [3.63, 3.8) is 0 Å². The first kappa shape index (κ1) is 12.3. The second kappa shape index (κ2) is 5.88. The third-order valence-electron chi connectivity index (χ3n) is 1.65. The summed E-state index contributed by atoms with van der Waals surface area (Å²) >= 11 is 0. The van der Waals surface area contributed by atoms with E-state index in [1.807, 2.05) is 0 Å². The Labute approximate surface area is 83.1 Å². The van der Waals surface area contributed by atoms with Gasteiger partial charge in [0.2, 0.25) is 0 Å². The first-order valence-corrected chi connectivity index (χ1v) is 3.88. The Morgan fingerprint density at radius 2 is 1.93 bits per heavy atom. The minimum absolute atomic E-state index is 0.166. The van der Waals surface area contributed by atoms with Crippen LogP contribution in [0.5, 0.6) is 0 Å². The zero-order valence-corrected chi connectivity index (χ0v) is 8.32. The van der Waals surface area contributed by atoms with Gasteiger partial charge in [0.05, 0.1) is 12.7 Å². The van der Waals surface area contributed by atoms with Gasteiger partial charge in [0, 0.05) is 12.6 Å². The molecule has 0 aromatic carbocycles. The SMILES string of the molecule is C=C/C(C=O)=C(\C=C)C(=O)N(C)OC. The predicted molar refractivity (Wildman–Crippen MR) is 53.3 cm³/mol. The first-order chi connectivity index (χ1) is 6.62. The Balaban J connectivity index is 5.16. The van der Waals surface area contributed by atoms with Crippen LogP contribution in [0.15, 0.2) is 36.5 Å². The summed E-state index contributed by atoms with van der Waals surface area (Å²) in [6.07, 6.45) is 3.14. The molecule has 76 valence electrons. The predicted octanol–water partition coefficient (Wildman–Crippen LogP) is 0.874. The number of likely N-dealkylation sites (N-methyl/N-ethyl adjacent to an activating group) is 1. The van der Waals surface area contributed by atoms with E-state index in [0.29, 0.717) is 6.29 Å². The van der Waals surface area contributed by atoms with Crippen molar-refractivity contribution in [1.82, 2.24) is 5.06 Å². The summed E-state index contributed by atoms with van der Waals surface area (Å²) < 4.78 is 0. The quantitative estimate of drug-likeness (QED) is 0.283. The second-order valence-electron chi connectivity index (χ2n) is 2.38. The summed E-state index contributed by atoms with van der Waals surface area (Å²) in [5, 5.41) is 1.00. The average Bonchev–Trinajstić information content (AvgIpc) is 2.23. The van der Waals surface area contributed by atoms with Crippen molar-refractivity contribution in [2.45, 2.75) is 0 Å². The molecular formula is C10H13NO3. The summed E-state index contributed by atoms with van der Waals surface area (Å²) in [6.45, 7) is 6.87. The molecule has 0 aliphatic rings. The molecule has 0 spiro atoms. The Bertz CT molecular complexity index is 282. The molecule has 0 rings (SSSR count). The number of aldehydes is 1. The fraction of sp³-hybridized carbons (Fsp3) is 0.200. The molecule has 0 N–H and O–H groups in total. The molecule has 0 saturated carbocycles. The van der Waals surface area contributed by atoms with Gasteiger partial charge in [0.1, 0.15) is 0 Å². The minimum Gasteiger partial charge on any atom is -0.298 e. The number of nitrogens with zero attached hydrogens (tertiary/aromatic N) is 1. The van der Waals surface area contributed by atoms with E-state index < -0.39 is 5.91 Å².